The molecule has 0 aliphatic carbocycles. The first-order valence-electron chi connectivity index (χ1n) is 10.2. The predicted octanol–water partition coefficient (Wildman–Crippen LogP) is 3.21. The lowest BCUT2D eigenvalue weighted by Gasteiger charge is -2.39. The molecule has 0 aromatic heterocycles. The molecule has 0 bridgehead atoms. The van der Waals surface area contributed by atoms with Gasteiger partial charge in [-0.2, -0.15) is 0 Å². The largest absolute Gasteiger partial charge is 0.497 e. The van der Waals surface area contributed by atoms with Crippen LogP contribution in [0.3, 0.4) is 0 Å². The van der Waals surface area contributed by atoms with Crippen LogP contribution in [0.2, 0.25) is 0 Å². The van der Waals surface area contributed by atoms with Gasteiger partial charge in [0.2, 0.25) is 0 Å². The Morgan fingerprint density at radius 3 is 2.32 bits per heavy atom. The quantitative estimate of drug-likeness (QED) is 0.466. The van der Waals surface area contributed by atoms with Gasteiger partial charge in [-0.05, 0) is 66.2 Å². The molecule has 1 atom stereocenters. The summed E-state index contributed by atoms with van der Waals surface area (Å²) in [4.78, 5) is 2.17. The Bertz CT molecular complexity index is 875. The van der Waals surface area contributed by atoms with Crippen LogP contribution in [0.4, 0.5) is 0 Å². The molecular formula is C23H30N2O5S. The maximum Gasteiger partial charge on any atom is 0.169 e. The first kappa shape index (κ1) is 23.0. The second-order valence-corrected chi connectivity index (χ2v) is 7.46. The summed E-state index contributed by atoms with van der Waals surface area (Å²) in [6.45, 7) is 2.44. The van der Waals surface area contributed by atoms with Gasteiger partial charge < -0.3 is 33.9 Å². The Kier molecular flexibility index (Phi) is 8.20. The zero-order valence-electron chi connectivity index (χ0n) is 18.5. The topological polar surface area (TPSA) is 61.4 Å². The number of hydrogen-bond donors (Lipinski definition) is 1. The molecule has 0 unspecified atom stereocenters. The van der Waals surface area contributed by atoms with Crippen molar-refractivity contribution in [3.63, 3.8) is 0 Å². The van der Waals surface area contributed by atoms with Crippen LogP contribution in [0.5, 0.6) is 23.0 Å². The van der Waals surface area contributed by atoms with E-state index in [1.165, 1.54) is 5.56 Å². The molecule has 1 aliphatic rings. The van der Waals surface area contributed by atoms with E-state index < -0.39 is 0 Å². The fourth-order valence-electron chi connectivity index (χ4n) is 3.66. The monoisotopic (exact) mass is 446 g/mol. The van der Waals surface area contributed by atoms with Gasteiger partial charge in [0.15, 0.2) is 16.6 Å². The van der Waals surface area contributed by atoms with E-state index >= 15 is 0 Å². The van der Waals surface area contributed by atoms with Crippen molar-refractivity contribution in [1.29, 1.82) is 0 Å². The highest BCUT2D eigenvalue weighted by Crippen LogP contribution is 2.38. The lowest BCUT2D eigenvalue weighted by molar-refractivity contribution is 0.182. The summed E-state index contributed by atoms with van der Waals surface area (Å²) in [5.41, 5.74) is 2.32. The highest BCUT2D eigenvalue weighted by Gasteiger charge is 2.31. The highest BCUT2D eigenvalue weighted by atomic mass is 32.1. The molecule has 0 fully saturated rings. The highest BCUT2D eigenvalue weighted by molar-refractivity contribution is 7.80. The minimum atomic E-state index is -0.0757. The van der Waals surface area contributed by atoms with Gasteiger partial charge in [0.1, 0.15) is 18.1 Å². The second kappa shape index (κ2) is 11.1. The zero-order valence-corrected chi connectivity index (χ0v) is 19.3. The van der Waals surface area contributed by atoms with Gasteiger partial charge in [0.25, 0.3) is 0 Å². The summed E-state index contributed by atoms with van der Waals surface area (Å²) >= 11 is 5.70. The molecule has 1 aliphatic heterocycles. The van der Waals surface area contributed by atoms with Gasteiger partial charge in [-0.1, -0.05) is 0 Å². The molecule has 0 spiro atoms. The van der Waals surface area contributed by atoms with Crippen LogP contribution in [0, 0.1) is 0 Å². The summed E-state index contributed by atoms with van der Waals surface area (Å²) < 4.78 is 27.6. The maximum atomic E-state index is 6.16. The lowest BCUT2D eigenvalue weighted by atomic mass is 9.92. The summed E-state index contributed by atoms with van der Waals surface area (Å²) in [6.07, 6.45) is 0.848. The molecule has 168 valence electrons. The van der Waals surface area contributed by atoms with E-state index in [1.807, 2.05) is 36.4 Å². The second-order valence-electron chi connectivity index (χ2n) is 7.08. The van der Waals surface area contributed by atoms with E-state index in [1.54, 1.807) is 28.4 Å². The Morgan fingerprint density at radius 1 is 1.00 bits per heavy atom. The molecule has 31 heavy (non-hydrogen) atoms. The number of thiocarbonyl (C=S) groups is 1. The first-order valence-corrected chi connectivity index (χ1v) is 10.6. The van der Waals surface area contributed by atoms with E-state index in [2.05, 4.69) is 10.2 Å². The summed E-state index contributed by atoms with van der Waals surface area (Å²) in [6, 6.07) is 11.6. The molecule has 0 radical (unpaired) electrons. The minimum absolute atomic E-state index is 0.0757. The summed E-state index contributed by atoms with van der Waals surface area (Å²) in [5, 5.41) is 3.96. The standard InChI is InChI=1S/C23H30N2O5S/c1-26-12-10-24-23(31)25-11-9-16-13-21(28-3)22(29-4)14-19(16)20(25)15-30-18-7-5-17(27-2)6-8-18/h5-8,13-14,20H,9-12,15H2,1-4H3,(H,24,31)/t20-/m1/s1. The minimum Gasteiger partial charge on any atom is -0.497 e. The molecule has 3 rings (SSSR count). The van der Waals surface area contributed by atoms with Crippen LogP contribution < -0.4 is 24.3 Å². The van der Waals surface area contributed by atoms with Gasteiger partial charge in [0, 0.05) is 20.2 Å². The maximum absolute atomic E-state index is 6.16. The SMILES string of the molecule is COCCNC(=S)N1CCc2cc(OC)c(OC)cc2[C@H]1COc1ccc(OC)cc1. The van der Waals surface area contributed by atoms with Crippen molar-refractivity contribution in [2.24, 2.45) is 0 Å². The number of methoxy groups -OCH3 is 4. The Balaban J connectivity index is 1.86. The number of benzene rings is 2. The third-order valence-corrected chi connectivity index (χ3v) is 5.69. The number of ether oxygens (including phenoxy) is 5. The van der Waals surface area contributed by atoms with E-state index in [0.29, 0.717) is 30.6 Å². The summed E-state index contributed by atoms with van der Waals surface area (Å²) in [7, 11) is 6.61. The first-order chi connectivity index (χ1) is 15.1. The fraction of sp³-hybridized carbons (Fsp3) is 0.435. The smallest absolute Gasteiger partial charge is 0.169 e. The van der Waals surface area contributed by atoms with Gasteiger partial charge in [0.05, 0.1) is 34.0 Å². The predicted molar refractivity (Wildman–Crippen MR) is 124 cm³/mol. The molecule has 2 aromatic carbocycles. The van der Waals surface area contributed by atoms with Crippen LogP contribution in [-0.4, -0.2) is 64.8 Å². The molecular weight excluding hydrogens is 416 g/mol. The number of nitrogens with zero attached hydrogens (tertiary/aromatic N) is 1. The van der Waals surface area contributed by atoms with Crippen molar-refractivity contribution in [2.75, 3.05) is 54.7 Å². The van der Waals surface area contributed by atoms with Gasteiger partial charge in [-0.15, -0.1) is 0 Å². The van der Waals surface area contributed by atoms with Crippen molar-refractivity contribution in [1.82, 2.24) is 10.2 Å². The van der Waals surface area contributed by atoms with Crippen LogP contribution in [-0.2, 0) is 11.2 Å². The molecule has 0 amide bonds. The molecule has 1 heterocycles. The number of fused-ring (bicyclic) bond motifs is 1. The average Bonchev–Trinajstić information content (AvgIpc) is 2.81. The third-order valence-electron chi connectivity index (χ3n) is 5.31. The van der Waals surface area contributed by atoms with Crippen LogP contribution in [0.1, 0.15) is 17.2 Å². The molecule has 1 N–H and O–H groups in total. The van der Waals surface area contributed by atoms with Crippen molar-refractivity contribution < 1.29 is 23.7 Å². The van der Waals surface area contributed by atoms with E-state index in [0.717, 1.165) is 35.8 Å². The Hall–Kier alpha value is -2.71. The average molecular weight is 447 g/mol. The third kappa shape index (κ3) is 5.51. The molecule has 0 saturated carbocycles. The zero-order chi connectivity index (χ0) is 22.2. The van der Waals surface area contributed by atoms with Crippen molar-refractivity contribution in [3.05, 3.63) is 47.5 Å². The number of hydrogen-bond acceptors (Lipinski definition) is 6. The van der Waals surface area contributed by atoms with E-state index in [9.17, 15) is 0 Å². The van der Waals surface area contributed by atoms with Crippen LogP contribution in [0.15, 0.2) is 36.4 Å². The lowest BCUT2D eigenvalue weighted by Crippen LogP contribution is -2.47. The molecule has 7 nitrogen and oxygen atoms in total. The molecule has 2 aromatic rings. The Labute approximate surface area is 189 Å². The van der Waals surface area contributed by atoms with E-state index in [-0.39, 0.29) is 6.04 Å². The van der Waals surface area contributed by atoms with Gasteiger partial charge in [-0.25, -0.2) is 0 Å². The van der Waals surface area contributed by atoms with Crippen molar-refractivity contribution in [3.8, 4) is 23.0 Å². The van der Waals surface area contributed by atoms with Crippen LogP contribution in [0.25, 0.3) is 0 Å². The van der Waals surface area contributed by atoms with Gasteiger partial charge >= 0.3 is 0 Å². The number of nitrogens with one attached hydrogen (secondary N) is 1. The molecule has 8 heteroatoms. The Morgan fingerprint density at radius 2 is 1.68 bits per heavy atom. The van der Waals surface area contributed by atoms with Crippen LogP contribution >= 0.6 is 12.2 Å². The normalized spacial score (nSPS) is 15.1. The van der Waals surface area contributed by atoms with E-state index in [4.69, 9.17) is 35.9 Å². The van der Waals surface area contributed by atoms with Crippen molar-refractivity contribution in [2.45, 2.75) is 12.5 Å². The van der Waals surface area contributed by atoms with Gasteiger partial charge in [-0.3, -0.25) is 0 Å². The summed E-state index contributed by atoms with van der Waals surface area (Å²) in [5.74, 6) is 2.98. The molecule has 0 saturated heterocycles. The van der Waals surface area contributed by atoms with Crippen molar-refractivity contribution >= 4 is 17.3 Å². The number of rotatable bonds is 9. The fourth-order valence-corrected chi connectivity index (χ4v) is 3.98.